The van der Waals surface area contributed by atoms with E-state index in [9.17, 15) is 0 Å². The molecule has 25 heavy (non-hydrogen) atoms. The molecule has 0 saturated carbocycles. The Morgan fingerprint density at radius 2 is 1.16 bits per heavy atom. The molecule has 2 aliphatic carbocycles. The number of hydrogen-bond donors (Lipinski definition) is 0. The molecule has 1 heterocycles. The number of halogens is 2. The molecule has 3 heteroatoms. The minimum absolute atomic E-state index is 0. The summed E-state index contributed by atoms with van der Waals surface area (Å²) in [6.45, 7) is 4.47. The molecule has 0 nitrogen and oxygen atoms in total. The SMILES string of the molecule is Cc1ccc2c(c1)[CH]([Zr]1([CH]3C=Cc4ccc(C)cc43)[CH2][CH2]1)C=C2.Cl.Cl. The smallest absolute Gasteiger partial charge is 0.147 e. The second-order valence-electron chi connectivity index (χ2n) is 7.67. The fourth-order valence-corrected chi connectivity index (χ4v) is 20.3. The normalized spacial score (nSPS) is 23.4. The number of allylic oxidation sites excluding steroid dienone is 2. The van der Waals surface area contributed by atoms with Crippen LogP contribution < -0.4 is 0 Å². The van der Waals surface area contributed by atoms with Crippen LogP contribution in [-0.2, 0) is 20.3 Å². The van der Waals surface area contributed by atoms with Crippen LogP contribution in [-0.4, -0.2) is 0 Å². The Hall–Kier alpha value is -0.617. The van der Waals surface area contributed by atoms with E-state index in [1.807, 2.05) is 0 Å². The van der Waals surface area contributed by atoms with Crippen molar-refractivity contribution in [3.8, 4) is 0 Å². The Kier molecular flexibility index (Phi) is 5.24. The summed E-state index contributed by atoms with van der Waals surface area (Å²) in [4.78, 5) is 0. The average molecular weight is 451 g/mol. The van der Waals surface area contributed by atoms with Crippen molar-refractivity contribution in [2.45, 2.75) is 29.4 Å². The summed E-state index contributed by atoms with van der Waals surface area (Å²) in [5, 5.41) is 0. The van der Waals surface area contributed by atoms with Gasteiger partial charge in [0.25, 0.3) is 0 Å². The summed E-state index contributed by atoms with van der Waals surface area (Å²) >= 11 is -2.19. The van der Waals surface area contributed by atoms with E-state index in [-0.39, 0.29) is 24.8 Å². The Balaban J connectivity index is 0.000000911. The molecule has 2 unspecified atom stereocenters. The fourth-order valence-electron chi connectivity index (χ4n) is 4.80. The summed E-state index contributed by atoms with van der Waals surface area (Å²) in [6, 6.07) is 14.1. The number of aryl methyl sites for hydroxylation is 2. The van der Waals surface area contributed by atoms with Crippen LogP contribution in [0.4, 0.5) is 0 Å². The van der Waals surface area contributed by atoms with E-state index in [0.29, 0.717) is 0 Å². The molecule has 0 aromatic heterocycles. The molecule has 1 saturated heterocycles. The van der Waals surface area contributed by atoms with Crippen LogP contribution in [0.3, 0.4) is 0 Å². The molecule has 0 amide bonds. The van der Waals surface area contributed by atoms with Crippen molar-refractivity contribution in [2.75, 3.05) is 0 Å². The van der Waals surface area contributed by atoms with Crippen LogP contribution in [0.25, 0.3) is 12.2 Å². The van der Waals surface area contributed by atoms with Crippen molar-refractivity contribution in [3.63, 3.8) is 0 Å². The van der Waals surface area contributed by atoms with Crippen molar-refractivity contribution >= 4 is 37.0 Å². The van der Waals surface area contributed by atoms with Gasteiger partial charge in [-0.05, 0) is 0 Å². The maximum atomic E-state index is 2.56. The van der Waals surface area contributed by atoms with Gasteiger partial charge in [-0.3, -0.25) is 0 Å². The van der Waals surface area contributed by atoms with Crippen LogP contribution >= 0.6 is 24.8 Å². The zero-order chi connectivity index (χ0) is 15.6. The fraction of sp³-hybridized carbons (Fsp3) is 0.273. The summed E-state index contributed by atoms with van der Waals surface area (Å²) in [6.07, 6.45) is 9.92. The van der Waals surface area contributed by atoms with Gasteiger partial charge >= 0.3 is 144 Å². The van der Waals surface area contributed by atoms with Crippen molar-refractivity contribution in [1.29, 1.82) is 0 Å². The van der Waals surface area contributed by atoms with Gasteiger partial charge < -0.3 is 0 Å². The van der Waals surface area contributed by atoms with Gasteiger partial charge in [-0.2, -0.15) is 0 Å². The van der Waals surface area contributed by atoms with Crippen LogP contribution in [0.5, 0.6) is 0 Å². The van der Waals surface area contributed by atoms with Crippen LogP contribution in [0, 0.1) is 13.8 Å². The summed E-state index contributed by atoms with van der Waals surface area (Å²) in [5.41, 5.74) is 9.08. The van der Waals surface area contributed by atoms with Crippen molar-refractivity contribution < 1.29 is 20.3 Å². The average Bonchev–Trinajstić information content (AvgIpc) is 3.04. The Morgan fingerprint density at radius 1 is 0.720 bits per heavy atom. The van der Waals surface area contributed by atoms with Gasteiger partial charge in [-0.15, -0.1) is 24.8 Å². The van der Waals surface area contributed by atoms with E-state index in [1.165, 1.54) is 22.3 Å². The first-order valence-corrected chi connectivity index (χ1v) is 15.1. The van der Waals surface area contributed by atoms with Gasteiger partial charge in [-0.1, -0.05) is 0 Å². The maximum absolute atomic E-state index is 2.56. The second kappa shape index (κ2) is 6.84. The van der Waals surface area contributed by atoms with Gasteiger partial charge in [0.2, 0.25) is 0 Å². The number of benzene rings is 2. The van der Waals surface area contributed by atoms with Gasteiger partial charge in [-0.25, -0.2) is 0 Å². The molecular weight excluding hydrogens is 426 g/mol. The molecule has 0 radical (unpaired) electrons. The molecule has 0 bridgehead atoms. The zero-order valence-electron chi connectivity index (χ0n) is 14.7. The molecular formula is C22H24Cl2Zr. The third-order valence-corrected chi connectivity index (χ3v) is 18.8. The first kappa shape index (κ1) is 19.2. The van der Waals surface area contributed by atoms with Crippen LogP contribution in [0.1, 0.15) is 40.6 Å². The number of rotatable bonds is 2. The minimum atomic E-state index is -2.19. The quantitative estimate of drug-likeness (QED) is 0.463. The van der Waals surface area contributed by atoms with E-state index >= 15 is 0 Å². The molecule has 1 aliphatic heterocycles. The topological polar surface area (TPSA) is 0 Å². The maximum Gasteiger partial charge on any atom is -0.147 e. The van der Waals surface area contributed by atoms with E-state index in [4.69, 9.17) is 0 Å². The molecule has 5 rings (SSSR count). The van der Waals surface area contributed by atoms with Gasteiger partial charge in [0.05, 0.1) is 0 Å². The standard InChI is InChI=1S/2C10H9.C2H4.2ClH.Zr/c2*1-8-5-6-9-3-2-4-10(9)7-8;1-2;;;/h2*2-7H,1H3;1-2H2;2*1H;. The van der Waals surface area contributed by atoms with Crippen molar-refractivity contribution in [2.24, 2.45) is 0 Å². The molecule has 2 atom stereocenters. The van der Waals surface area contributed by atoms with E-state index in [0.717, 1.165) is 7.25 Å². The van der Waals surface area contributed by atoms with Crippen LogP contribution in [0.2, 0.25) is 8.26 Å². The first-order valence-electron chi connectivity index (χ1n) is 8.75. The zero-order valence-corrected chi connectivity index (χ0v) is 18.7. The molecule has 2 aromatic carbocycles. The largest absolute Gasteiger partial charge is 0.147 e. The third-order valence-electron chi connectivity index (χ3n) is 6.16. The van der Waals surface area contributed by atoms with Crippen LogP contribution in [0.15, 0.2) is 48.6 Å². The number of hydrogen-bond acceptors (Lipinski definition) is 0. The monoisotopic (exact) mass is 448 g/mol. The Morgan fingerprint density at radius 3 is 1.56 bits per heavy atom. The Labute approximate surface area is 167 Å². The summed E-state index contributed by atoms with van der Waals surface area (Å²) in [5.74, 6) is 0. The minimum Gasteiger partial charge on any atom is -0.147 e. The van der Waals surface area contributed by atoms with Gasteiger partial charge in [0.15, 0.2) is 0 Å². The van der Waals surface area contributed by atoms with E-state index in [2.05, 4.69) is 74.5 Å². The predicted molar refractivity (Wildman–Crippen MR) is 110 cm³/mol. The van der Waals surface area contributed by atoms with Gasteiger partial charge in [0.1, 0.15) is 0 Å². The second-order valence-corrected chi connectivity index (χ2v) is 19.2. The molecule has 0 spiro atoms. The molecule has 3 aliphatic rings. The molecule has 130 valence electrons. The molecule has 2 aromatic rings. The number of fused-ring (bicyclic) bond motifs is 2. The third kappa shape index (κ3) is 2.93. The Bertz CT molecular complexity index is 808. The summed E-state index contributed by atoms with van der Waals surface area (Å²) < 4.78 is 4.69. The summed E-state index contributed by atoms with van der Waals surface area (Å²) in [7, 11) is 0. The van der Waals surface area contributed by atoms with E-state index < -0.39 is 20.3 Å². The van der Waals surface area contributed by atoms with Crippen molar-refractivity contribution in [1.82, 2.24) is 0 Å². The first-order chi connectivity index (χ1) is 11.2. The van der Waals surface area contributed by atoms with Gasteiger partial charge in [0, 0.05) is 0 Å². The van der Waals surface area contributed by atoms with Crippen molar-refractivity contribution in [3.05, 3.63) is 81.9 Å². The predicted octanol–water partition coefficient (Wildman–Crippen LogP) is 6.99. The van der Waals surface area contributed by atoms with E-state index in [1.54, 1.807) is 19.4 Å². The molecule has 0 N–H and O–H groups in total. The molecule has 1 fully saturated rings.